The van der Waals surface area contributed by atoms with Crippen LogP contribution in [0.2, 0.25) is 5.02 Å². The van der Waals surface area contributed by atoms with Gasteiger partial charge in [0.25, 0.3) is 0 Å². The quantitative estimate of drug-likeness (QED) is 0.879. The molecule has 0 amide bonds. The topological polar surface area (TPSA) is 24.9 Å². The van der Waals surface area contributed by atoms with Crippen LogP contribution in [0, 0.1) is 11.8 Å². The molecule has 1 aliphatic carbocycles. The van der Waals surface area contributed by atoms with E-state index in [4.69, 9.17) is 11.6 Å². The molecule has 0 saturated heterocycles. The van der Waals surface area contributed by atoms with Gasteiger partial charge in [0.05, 0.1) is 5.02 Å². The fraction of sp³-hybridized carbons (Fsp3) is 0.688. The van der Waals surface area contributed by atoms with Crippen LogP contribution < -0.4 is 5.32 Å². The molecule has 1 fully saturated rings. The first kappa shape index (κ1) is 14.8. The molecule has 106 valence electrons. The van der Waals surface area contributed by atoms with Gasteiger partial charge in [-0.1, -0.05) is 38.3 Å². The summed E-state index contributed by atoms with van der Waals surface area (Å²) < 4.78 is 0. The van der Waals surface area contributed by atoms with Crippen LogP contribution in [0.25, 0.3) is 0 Å². The van der Waals surface area contributed by atoms with Gasteiger partial charge in [-0.25, -0.2) is 0 Å². The lowest BCUT2D eigenvalue weighted by Crippen LogP contribution is -2.39. The zero-order valence-electron chi connectivity index (χ0n) is 12.0. The van der Waals surface area contributed by atoms with E-state index in [9.17, 15) is 0 Å². The van der Waals surface area contributed by atoms with Crippen molar-refractivity contribution in [3.05, 3.63) is 29.0 Å². The molecule has 1 unspecified atom stereocenters. The highest BCUT2D eigenvalue weighted by Crippen LogP contribution is 2.32. The lowest BCUT2D eigenvalue weighted by molar-refractivity contribution is 0.230. The number of nitrogens with zero attached hydrogens (tertiary/aromatic N) is 1. The van der Waals surface area contributed by atoms with Crippen molar-refractivity contribution >= 4 is 11.6 Å². The number of hydrogen-bond acceptors (Lipinski definition) is 2. The molecule has 1 saturated carbocycles. The summed E-state index contributed by atoms with van der Waals surface area (Å²) in [5.74, 6) is 1.70. The zero-order chi connectivity index (χ0) is 13.7. The number of likely N-dealkylation sites (N-methyl/N-ethyl adjacent to an activating group) is 1. The summed E-state index contributed by atoms with van der Waals surface area (Å²) in [6.45, 7) is 5.59. The molecule has 1 aliphatic rings. The van der Waals surface area contributed by atoms with E-state index < -0.39 is 0 Å². The predicted molar refractivity (Wildman–Crippen MR) is 81.5 cm³/mol. The maximum absolute atomic E-state index is 6.24. The van der Waals surface area contributed by atoms with E-state index in [0.29, 0.717) is 6.04 Å². The van der Waals surface area contributed by atoms with Crippen molar-refractivity contribution in [1.82, 2.24) is 10.3 Å². The maximum Gasteiger partial charge on any atom is 0.0621 e. The van der Waals surface area contributed by atoms with E-state index in [0.717, 1.165) is 29.8 Å². The van der Waals surface area contributed by atoms with Crippen molar-refractivity contribution in [2.45, 2.75) is 52.0 Å². The number of halogens is 1. The Hall–Kier alpha value is -0.600. The van der Waals surface area contributed by atoms with Gasteiger partial charge in [0.1, 0.15) is 0 Å². The number of pyridine rings is 1. The van der Waals surface area contributed by atoms with Crippen LogP contribution in [0.1, 0.15) is 45.1 Å². The molecule has 3 heteroatoms. The molecule has 0 bridgehead atoms. The van der Waals surface area contributed by atoms with Crippen LogP contribution in [-0.4, -0.2) is 17.6 Å². The Morgan fingerprint density at radius 3 is 2.74 bits per heavy atom. The molecular formula is C16H25ClN2. The second kappa shape index (κ2) is 7.25. The summed E-state index contributed by atoms with van der Waals surface area (Å²) in [6.07, 6.45) is 10.1. The summed E-state index contributed by atoms with van der Waals surface area (Å²) in [7, 11) is 0. The average molecular weight is 281 g/mol. The molecule has 2 rings (SSSR count). The van der Waals surface area contributed by atoms with E-state index in [-0.39, 0.29) is 0 Å². The van der Waals surface area contributed by atoms with E-state index in [1.165, 1.54) is 31.2 Å². The van der Waals surface area contributed by atoms with Crippen molar-refractivity contribution in [2.75, 3.05) is 6.54 Å². The maximum atomic E-state index is 6.24. The highest BCUT2D eigenvalue weighted by Gasteiger charge is 2.26. The monoisotopic (exact) mass is 280 g/mol. The van der Waals surface area contributed by atoms with Gasteiger partial charge < -0.3 is 5.32 Å². The highest BCUT2D eigenvalue weighted by atomic mass is 35.5. The zero-order valence-corrected chi connectivity index (χ0v) is 12.8. The third-order valence-electron chi connectivity index (χ3n) is 4.39. The molecule has 1 heterocycles. The van der Waals surface area contributed by atoms with Gasteiger partial charge in [-0.15, -0.1) is 0 Å². The van der Waals surface area contributed by atoms with Gasteiger partial charge in [-0.3, -0.25) is 4.98 Å². The van der Waals surface area contributed by atoms with E-state index in [1.54, 1.807) is 6.20 Å². The fourth-order valence-corrected chi connectivity index (χ4v) is 3.36. The summed E-state index contributed by atoms with van der Waals surface area (Å²) in [5, 5.41) is 4.46. The minimum atomic E-state index is 0.553. The molecule has 0 spiro atoms. The van der Waals surface area contributed by atoms with Crippen molar-refractivity contribution in [2.24, 2.45) is 11.8 Å². The molecule has 0 aromatic carbocycles. The third kappa shape index (κ3) is 4.19. The first-order valence-electron chi connectivity index (χ1n) is 7.52. The van der Waals surface area contributed by atoms with E-state index in [2.05, 4.69) is 30.2 Å². The second-order valence-corrected chi connectivity index (χ2v) is 6.26. The van der Waals surface area contributed by atoms with Crippen molar-refractivity contribution in [1.29, 1.82) is 0 Å². The van der Waals surface area contributed by atoms with Crippen LogP contribution in [0.3, 0.4) is 0 Å². The number of rotatable bonds is 5. The number of aromatic nitrogens is 1. The number of hydrogen-bond donors (Lipinski definition) is 1. The molecular weight excluding hydrogens is 256 g/mol. The normalized spacial score (nSPS) is 25.2. The summed E-state index contributed by atoms with van der Waals surface area (Å²) in [6, 6.07) is 2.61. The van der Waals surface area contributed by atoms with E-state index in [1.807, 2.05) is 6.20 Å². The highest BCUT2D eigenvalue weighted by molar-refractivity contribution is 6.31. The first-order chi connectivity index (χ1) is 9.20. The Balaban J connectivity index is 2.02. The largest absolute Gasteiger partial charge is 0.314 e. The lowest BCUT2D eigenvalue weighted by atomic mass is 9.77. The van der Waals surface area contributed by atoms with Crippen molar-refractivity contribution in [3.8, 4) is 0 Å². The summed E-state index contributed by atoms with van der Waals surface area (Å²) >= 11 is 6.24. The minimum Gasteiger partial charge on any atom is -0.314 e. The molecule has 0 radical (unpaired) electrons. The third-order valence-corrected chi connectivity index (χ3v) is 4.73. The average Bonchev–Trinajstić information content (AvgIpc) is 2.42. The van der Waals surface area contributed by atoms with E-state index >= 15 is 0 Å². The lowest BCUT2D eigenvalue weighted by Gasteiger charge is -2.33. The Morgan fingerprint density at radius 2 is 2.11 bits per heavy atom. The fourth-order valence-electron chi connectivity index (χ4n) is 3.16. The first-order valence-corrected chi connectivity index (χ1v) is 7.90. The predicted octanol–water partition coefficient (Wildman–Crippen LogP) is 4.08. The Bertz CT molecular complexity index is 386. The van der Waals surface area contributed by atoms with Crippen LogP contribution in [0.4, 0.5) is 0 Å². The Labute approximate surface area is 122 Å². The van der Waals surface area contributed by atoms with Gasteiger partial charge in [0.2, 0.25) is 0 Å². The van der Waals surface area contributed by atoms with Crippen molar-refractivity contribution < 1.29 is 0 Å². The molecule has 2 nitrogen and oxygen atoms in total. The van der Waals surface area contributed by atoms with Crippen LogP contribution in [-0.2, 0) is 6.42 Å². The standard InChI is InChI=1S/C16H25ClN2/c1-3-19-16(13-6-4-12(2)5-7-13)10-14-8-9-18-11-15(14)17/h8-9,11-13,16,19H,3-7,10H2,1-2H3. The van der Waals surface area contributed by atoms with Crippen molar-refractivity contribution in [3.63, 3.8) is 0 Å². The summed E-state index contributed by atoms with van der Waals surface area (Å²) in [4.78, 5) is 4.07. The molecule has 0 aliphatic heterocycles. The SMILES string of the molecule is CCNC(Cc1ccncc1Cl)C1CCC(C)CC1. The summed E-state index contributed by atoms with van der Waals surface area (Å²) in [5.41, 5.74) is 1.22. The van der Waals surface area contributed by atoms with Crippen LogP contribution >= 0.6 is 11.6 Å². The molecule has 1 aromatic heterocycles. The van der Waals surface area contributed by atoms with Gasteiger partial charge >= 0.3 is 0 Å². The van der Waals surface area contributed by atoms with Crippen LogP contribution in [0.5, 0.6) is 0 Å². The smallest absolute Gasteiger partial charge is 0.0621 e. The van der Waals surface area contributed by atoms with Gasteiger partial charge in [0.15, 0.2) is 0 Å². The molecule has 1 atom stereocenters. The molecule has 1 aromatic rings. The molecule has 1 N–H and O–H groups in total. The minimum absolute atomic E-state index is 0.553. The van der Waals surface area contributed by atoms with Gasteiger partial charge in [-0.05, 0) is 49.3 Å². The van der Waals surface area contributed by atoms with Gasteiger partial charge in [0, 0.05) is 18.4 Å². The Morgan fingerprint density at radius 1 is 1.37 bits per heavy atom. The van der Waals surface area contributed by atoms with Crippen LogP contribution in [0.15, 0.2) is 18.5 Å². The number of nitrogens with one attached hydrogen (secondary N) is 1. The van der Waals surface area contributed by atoms with Gasteiger partial charge in [-0.2, -0.15) is 0 Å². The Kier molecular flexibility index (Phi) is 5.65. The molecule has 19 heavy (non-hydrogen) atoms. The second-order valence-electron chi connectivity index (χ2n) is 5.86.